The zero-order chi connectivity index (χ0) is 10.8. The Balaban J connectivity index is 3.69. The number of unbranched alkanes of at least 4 members (excludes halogenated alkanes) is 2. The summed E-state index contributed by atoms with van der Waals surface area (Å²) in [5, 5.41) is 9.87. The highest BCUT2D eigenvalue weighted by atomic mass is 16.5. The van der Waals surface area contributed by atoms with Crippen LogP contribution in [0.2, 0.25) is 0 Å². The Morgan fingerprint density at radius 3 is 2.21 bits per heavy atom. The standard InChI is InChI=1S/C12H26O2/c1-4-7-8-10-11(13)12(9-5-2)14-6-3/h11-13H,4-10H2,1-3H3. The molecule has 0 aliphatic heterocycles. The van der Waals surface area contributed by atoms with Crippen molar-refractivity contribution in [3.8, 4) is 0 Å². The zero-order valence-electron chi connectivity index (χ0n) is 9.96. The van der Waals surface area contributed by atoms with Crippen LogP contribution in [0.1, 0.15) is 59.3 Å². The molecule has 0 heterocycles. The molecular weight excluding hydrogens is 176 g/mol. The van der Waals surface area contributed by atoms with Crippen LogP contribution in [0.15, 0.2) is 0 Å². The maximum Gasteiger partial charge on any atom is 0.0833 e. The van der Waals surface area contributed by atoms with E-state index in [2.05, 4.69) is 13.8 Å². The number of aliphatic hydroxyl groups is 1. The summed E-state index contributed by atoms with van der Waals surface area (Å²) < 4.78 is 5.52. The molecule has 0 bridgehead atoms. The van der Waals surface area contributed by atoms with Gasteiger partial charge < -0.3 is 9.84 Å². The van der Waals surface area contributed by atoms with Gasteiger partial charge in [-0.15, -0.1) is 0 Å². The summed E-state index contributed by atoms with van der Waals surface area (Å²) in [6.45, 7) is 7.00. The third-order valence-electron chi connectivity index (χ3n) is 2.49. The van der Waals surface area contributed by atoms with Crippen molar-refractivity contribution in [3.63, 3.8) is 0 Å². The van der Waals surface area contributed by atoms with Gasteiger partial charge in [-0.1, -0.05) is 39.5 Å². The van der Waals surface area contributed by atoms with Gasteiger partial charge in [-0.25, -0.2) is 0 Å². The lowest BCUT2D eigenvalue weighted by molar-refractivity contribution is -0.0407. The Labute approximate surface area is 88.7 Å². The van der Waals surface area contributed by atoms with E-state index < -0.39 is 0 Å². The summed E-state index contributed by atoms with van der Waals surface area (Å²) in [6, 6.07) is 0. The van der Waals surface area contributed by atoms with Crippen molar-refractivity contribution >= 4 is 0 Å². The van der Waals surface area contributed by atoms with Crippen molar-refractivity contribution in [3.05, 3.63) is 0 Å². The van der Waals surface area contributed by atoms with E-state index in [0.29, 0.717) is 6.61 Å². The molecular formula is C12H26O2. The molecule has 0 spiro atoms. The third-order valence-corrected chi connectivity index (χ3v) is 2.49. The van der Waals surface area contributed by atoms with Gasteiger partial charge in [0.2, 0.25) is 0 Å². The molecule has 0 saturated carbocycles. The first-order chi connectivity index (χ1) is 6.76. The summed E-state index contributed by atoms with van der Waals surface area (Å²) in [7, 11) is 0. The molecule has 0 fully saturated rings. The van der Waals surface area contributed by atoms with Crippen LogP contribution in [-0.4, -0.2) is 23.9 Å². The SMILES string of the molecule is CCCCCC(O)C(CCC)OCC. The zero-order valence-corrected chi connectivity index (χ0v) is 9.96. The quantitative estimate of drug-likeness (QED) is 0.582. The lowest BCUT2D eigenvalue weighted by atomic mass is 10.0. The van der Waals surface area contributed by atoms with Gasteiger partial charge >= 0.3 is 0 Å². The van der Waals surface area contributed by atoms with Crippen LogP contribution in [0.4, 0.5) is 0 Å². The summed E-state index contributed by atoms with van der Waals surface area (Å²) in [4.78, 5) is 0. The molecule has 2 nitrogen and oxygen atoms in total. The van der Waals surface area contributed by atoms with E-state index in [1.165, 1.54) is 12.8 Å². The molecule has 1 N–H and O–H groups in total. The predicted molar refractivity (Wildman–Crippen MR) is 60.5 cm³/mol. The summed E-state index contributed by atoms with van der Waals surface area (Å²) in [6.07, 6.45) is 6.27. The normalized spacial score (nSPS) is 15.4. The Morgan fingerprint density at radius 1 is 1.00 bits per heavy atom. The largest absolute Gasteiger partial charge is 0.390 e. The highest BCUT2D eigenvalue weighted by Crippen LogP contribution is 2.13. The van der Waals surface area contributed by atoms with Crippen LogP contribution in [0.25, 0.3) is 0 Å². The molecule has 2 unspecified atom stereocenters. The minimum Gasteiger partial charge on any atom is -0.390 e. The average Bonchev–Trinajstić information content (AvgIpc) is 2.18. The van der Waals surface area contributed by atoms with E-state index in [4.69, 9.17) is 4.74 Å². The molecule has 2 atom stereocenters. The van der Waals surface area contributed by atoms with Crippen LogP contribution in [0, 0.1) is 0 Å². The van der Waals surface area contributed by atoms with Crippen molar-refractivity contribution in [1.82, 2.24) is 0 Å². The molecule has 0 saturated heterocycles. The fourth-order valence-corrected chi connectivity index (χ4v) is 1.67. The van der Waals surface area contributed by atoms with Gasteiger partial charge in [0.1, 0.15) is 0 Å². The van der Waals surface area contributed by atoms with E-state index >= 15 is 0 Å². The number of rotatable bonds is 9. The number of ether oxygens (including phenoxy) is 1. The van der Waals surface area contributed by atoms with Gasteiger partial charge in [-0.2, -0.15) is 0 Å². The summed E-state index contributed by atoms with van der Waals surface area (Å²) in [5.41, 5.74) is 0. The number of aliphatic hydroxyl groups excluding tert-OH is 1. The van der Waals surface area contributed by atoms with Crippen LogP contribution >= 0.6 is 0 Å². The summed E-state index contributed by atoms with van der Waals surface area (Å²) >= 11 is 0. The molecule has 0 aromatic carbocycles. The minimum absolute atomic E-state index is 0.0573. The van der Waals surface area contributed by atoms with Gasteiger partial charge in [-0.3, -0.25) is 0 Å². The maximum atomic E-state index is 9.87. The van der Waals surface area contributed by atoms with E-state index in [1.807, 2.05) is 6.92 Å². The highest BCUT2D eigenvalue weighted by Gasteiger charge is 2.17. The predicted octanol–water partition coefficient (Wildman–Crippen LogP) is 3.13. The fraction of sp³-hybridized carbons (Fsp3) is 1.00. The van der Waals surface area contributed by atoms with Crippen LogP contribution in [0.3, 0.4) is 0 Å². The molecule has 0 radical (unpaired) electrons. The summed E-state index contributed by atoms with van der Waals surface area (Å²) in [5.74, 6) is 0. The highest BCUT2D eigenvalue weighted by molar-refractivity contribution is 4.68. The maximum absolute atomic E-state index is 9.87. The number of hydrogen-bond acceptors (Lipinski definition) is 2. The van der Waals surface area contributed by atoms with Crippen LogP contribution < -0.4 is 0 Å². The topological polar surface area (TPSA) is 29.5 Å². The average molecular weight is 202 g/mol. The molecule has 86 valence electrons. The first-order valence-corrected chi connectivity index (χ1v) is 6.05. The second-order valence-electron chi connectivity index (χ2n) is 3.85. The van der Waals surface area contributed by atoms with E-state index in [1.54, 1.807) is 0 Å². The monoisotopic (exact) mass is 202 g/mol. The Hall–Kier alpha value is -0.0800. The lowest BCUT2D eigenvalue weighted by Crippen LogP contribution is -2.29. The molecule has 2 heteroatoms. The van der Waals surface area contributed by atoms with Crippen molar-refractivity contribution in [2.24, 2.45) is 0 Å². The Bertz CT molecular complexity index is 109. The molecule has 0 aliphatic carbocycles. The van der Waals surface area contributed by atoms with Crippen molar-refractivity contribution in [2.75, 3.05) is 6.61 Å². The van der Waals surface area contributed by atoms with Gasteiger partial charge in [0.15, 0.2) is 0 Å². The smallest absolute Gasteiger partial charge is 0.0833 e. The third kappa shape index (κ3) is 6.39. The second kappa shape index (κ2) is 9.47. The second-order valence-corrected chi connectivity index (χ2v) is 3.85. The van der Waals surface area contributed by atoms with Crippen molar-refractivity contribution in [2.45, 2.75) is 71.5 Å². The van der Waals surface area contributed by atoms with Gasteiger partial charge in [0.25, 0.3) is 0 Å². The van der Waals surface area contributed by atoms with E-state index in [9.17, 15) is 5.11 Å². The van der Waals surface area contributed by atoms with Crippen LogP contribution in [0.5, 0.6) is 0 Å². The molecule has 0 amide bonds. The van der Waals surface area contributed by atoms with Gasteiger partial charge in [0, 0.05) is 6.61 Å². The van der Waals surface area contributed by atoms with Crippen molar-refractivity contribution < 1.29 is 9.84 Å². The fourth-order valence-electron chi connectivity index (χ4n) is 1.67. The van der Waals surface area contributed by atoms with Crippen LogP contribution in [-0.2, 0) is 4.74 Å². The molecule has 0 rings (SSSR count). The molecule has 0 aromatic heterocycles. The van der Waals surface area contributed by atoms with Crippen molar-refractivity contribution in [1.29, 1.82) is 0 Å². The minimum atomic E-state index is -0.263. The Morgan fingerprint density at radius 2 is 1.71 bits per heavy atom. The lowest BCUT2D eigenvalue weighted by Gasteiger charge is -2.22. The Kier molecular flexibility index (Phi) is 9.42. The first kappa shape index (κ1) is 13.9. The molecule has 0 aromatic rings. The van der Waals surface area contributed by atoms with Gasteiger partial charge in [0.05, 0.1) is 12.2 Å². The van der Waals surface area contributed by atoms with E-state index in [0.717, 1.165) is 25.7 Å². The molecule has 0 aliphatic rings. The van der Waals surface area contributed by atoms with Gasteiger partial charge in [-0.05, 0) is 19.8 Å². The molecule has 14 heavy (non-hydrogen) atoms. The van der Waals surface area contributed by atoms with E-state index in [-0.39, 0.29) is 12.2 Å². The number of hydrogen-bond donors (Lipinski definition) is 1. The first-order valence-electron chi connectivity index (χ1n) is 6.05.